The van der Waals surface area contributed by atoms with E-state index in [1.807, 2.05) is 6.92 Å². The van der Waals surface area contributed by atoms with Gasteiger partial charge in [-0.15, -0.1) is 0 Å². The molecule has 2 N–H and O–H groups in total. The SMILES string of the molecule is CCNCc1cc(Oc2cccc(C(=O)N3CCC(O)C3)c2)nc(C(F)(F)F)c1. The Bertz CT molecular complexity index is 874. The van der Waals surface area contributed by atoms with E-state index < -0.39 is 18.0 Å². The van der Waals surface area contributed by atoms with E-state index in [0.717, 1.165) is 6.07 Å². The first kappa shape index (κ1) is 21.1. The average Bonchev–Trinajstić information content (AvgIpc) is 3.11. The Balaban J connectivity index is 1.83. The number of alkyl halides is 3. The van der Waals surface area contributed by atoms with Gasteiger partial charge in [-0.1, -0.05) is 13.0 Å². The molecule has 0 radical (unpaired) electrons. The highest BCUT2D eigenvalue weighted by Gasteiger charge is 2.33. The minimum absolute atomic E-state index is 0.200. The maximum atomic E-state index is 13.2. The molecular formula is C20H22F3N3O3. The van der Waals surface area contributed by atoms with Crippen molar-refractivity contribution in [3.8, 4) is 11.6 Å². The fourth-order valence-corrected chi connectivity index (χ4v) is 3.05. The number of nitrogens with zero attached hydrogens (tertiary/aromatic N) is 2. The van der Waals surface area contributed by atoms with E-state index in [0.29, 0.717) is 30.6 Å². The van der Waals surface area contributed by atoms with E-state index in [1.54, 1.807) is 18.2 Å². The molecule has 1 aliphatic heterocycles. The first-order chi connectivity index (χ1) is 13.8. The molecule has 1 aromatic carbocycles. The molecule has 0 aliphatic carbocycles. The number of hydrogen-bond acceptors (Lipinski definition) is 5. The van der Waals surface area contributed by atoms with Crippen molar-refractivity contribution in [2.75, 3.05) is 19.6 Å². The Hall–Kier alpha value is -2.65. The van der Waals surface area contributed by atoms with E-state index in [-0.39, 0.29) is 30.6 Å². The second-order valence-corrected chi connectivity index (χ2v) is 6.80. The predicted molar refractivity (Wildman–Crippen MR) is 99.7 cm³/mol. The van der Waals surface area contributed by atoms with E-state index in [2.05, 4.69) is 10.3 Å². The lowest BCUT2D eigenvalue weighted by Gasteiger charge is -2.16. The molecule has 1 saturated heterocycles. The second kappa shape index (κ2) is 8.79. The number of carbonyl (C=O) groups is 1. The molecule has 0 saturated carbocycles. The topological polar surface area (TPSA) is 74.7 Å². The molecule has 1 fully saturated rings. The van der Waals surface area contributed by atoms with Crippen LogP contribution in [0.5, 0.6) is 11.6 Å². The Labute approximate surface area is 166 Å². The smallest absolute Gasteiger partial charge is 0.433 e. The summed E-state index contributed by atoms with van der Waals surface area (Å²) in [6.45, 7) is 3.41. The van der Waals surface area contributed by atoms with Crippen molar-refractivity contribution in [3.05, 3.63) is 53.2 Å². The van der Waals surface area contributed by atoms with Crippen LogP contribution in [0.15, 0.2) is 36.4 Å². The molecule has 2 heterocycles. The number of halogens is 3. The van der Waals surface area contributed by atoms with E-state index in [4.69, 9.17) is 4.74 Å². The Morgan fingerprint density at radius 1 is 1.34 bits per heavy atom. The second-order valence-electron chi connectivity index (χ2n) is 6.80. The lowest BCUT2D eigenvalue weighted by atomic mass is 10.2. The van der Waals surface area contributed by atoms with Gasteiger partial charge in [-0.2, -0.15) is 13.2 Å². The summed E-state index contributed by atoms with van der Waals surface area (Å²) in [7, 11) is 0. The highest BCUT2D eigenvalue weighted by Crippen LogP contribution is 2.31. The minimum atomic E-state index is -4.60. The van der Waals surface area contributed by atoms with Crippen LogP contribution in [0.3, 0.4) is 0 Å². The minimum Gasteiger partial charge on any atom is -0.439 e. The van der Waals surface area contributed by atoms with Crippen LogP contribution in [-0.2, 0) is 12.7 Å². The summed E-state index contributed by atoms with van der Waals surface area (Å²) in [6, 6.07) is 8.59. The summed E-state index contributed by atoms with van der Waals surface area (Å²) in [5, 5.41) is 12.6. The van der Waals surface area contributed by atoms with Gasteiger partial charge in [0.2, 0.25) is 5.88 Å². The maximum Gasteiger partial charge on any atom is 0.433 e. The van der Waals surface area contributed by atoms with Gasteiger partial charge < -0.3 is 20.1 Å². The normalized spacial score (nSPS) is 16.9. The zero-order valence-corrected chi connectivity index (χ0v) is 15.9. The van der Waals surface area contributed by atoms with Gasteiger partial charge in [0.1, 0.15) is 11.4 Å². The van der Waals surface area contributed by atoms with Crippen LogP contribution in [0, 0.1) is 0 Å². The van der Waals surface area contributed by atoms with Gasteiger partial charge in [-0.3, -0.25) is 4.79 Å². The van der Waals surface area contributed by atoms with Crippen LogP contribution in [-0.4, -0.2) is 46.6 Å². The number of aliphatic hydroxyl groups excluding tert-OH is 1. The van der Waals surface area contributed by atoms with Crippen molar-refractivity contribution in [3.63, 3.8) is 0 Å². The molecule has 29 heavy (non-hydrogen) atoms. The van der Waals surface area contributed by atoms with Crippen molar-refractivity contribution in [1.29, 1.82) is 0 Å². The number of ether oxygens (including phenoxy) is 1. The quantitative estimate of drug-likeness (QED) is 0.767. The number of carbonyl (C=O) groups excluding carboxylic acids is 1. The molecule has 6 nitrogen and oxygen atoms in total. The van der Waals surface area contributed by atoms with Gasteiger partial charge in [0.05, 0.1) is 6.10 Å². The standard InChI is InChI=1S/C20H22F3N3O3/c1-2-24-11-13-8-17(20(21,22)23)25-18(9-13)29-16-5-3-4-14(10-16)19(28)26-7-6-15(27)12-26/h3-5,8-10,15,24,27H,2,6-7,11-12H2,1H3. The van der Waals surface area contributed by atoms with Crippen LogP contribution in [0.4, 0.5) is 13.2 Å². The number of likely N-dealkylation sites (tertiary alicyclic amines) is 1. The summed E-state index contributed by atoms with van der Waals surface area (Å²) in [4.78, 5) is 17.6. The van der Waals surface area contributed by atoms with Crippen molar-refractivity contribution in [2.45, 2.75) is 32.2 Å². The molecule has 1 aromatic heterocycles. The van der Waals surface area contributed by atoms with Crippen molar-refractivity contribution >= 4 is 5.91 Å². The van der Waals surface area contributed by atoms with Crippen LogP contribution >= 0.6 is 0 Å². The van der Waals surface area contributed by atoms with E-state index in [1.165, 1.54) is 17.0 Å². The van der Waals surface area contributed by atoms with Gasteiger partial charge in [0, 0.05) is 31.3 Å². The Morgan fingerprint density at radius 3 is 2.79 bits per heavy atom. The van der Waals surface area contributed by atoms with Crippen molar-refractivity contribution in [1.82, 2.24) is 15.2 Å². The van der Waals surface area contributed by atoms with Gasteiger partial charge in [-0.05, 0) is 42.8 Å². The van der Waals surface area contributed by atoms with Crippen LogP contribution < -0.4 is 10.1 Å². The fraction of sp³-hybridized carbons (Fsp3) is 0.400. The Morgan fingerprint density at radius 2 is 2.14 bits per heavy atom. The monoisotopic (exact) mass is 409 g/mol. The lowest BCUT2D eigenvalue weighted by molar-refractivity contribution is -0.141. The number of benzene rings is 1. The predicted octanol–water partition coefficient (Wildman–Crippen LogP) is 3.21. The first-order valence-corrected chi connectivity index (χ1v) is 9.30. The van der Waals surface area contributed by atoms with Gasteiger partial charge in [-0.25, -0.2) is 4.98 Å². The molecule has 0 spiro atoms. The van der Waals surface area contributed by atoms with Crippen molar-refractivity contribution in [2.24, 2.45) is 0 Å². The first-order valence-electron chi connectivity index (χ1n) is 9.30. The molecule has 1 atom stereocenters. The molecule has 1 aliphatic rings. The zero-order chi connectivity index (χ0) is 21.0. The van der Waals surface area contributed by atoms with Crippen molar-refractivity contribution < 1.29 is 27.8 Å². The number of β-amino-alcohol motifs (C(OH)–C–C–N with tert-alkyl or cyclic N) is 1. The number of nitrogens with one attached hydrogen (secondary N) is 1. The van der Waals surface area contributed by atoms with Crippen LogP contribution in [0.1, 0.15) is 35.0 Å². The summed E-state index contributed by atoms with van der Waals surface area (Å²) in [6.07, 6.45) is -4.62. The highest BCUT2D eigenvalue weighted by atomic mass is 19.4. The molecular weight excluding hydrogens is 387 g/mol. The molecule has 156 valence electrons. The van der Waals surface area contributed by atoms with Gasteiger partial charge in [0.25, 0.3) is 5.91 Å². The number of pyridine rings is 1. The number of aliphatic hydroxyl groups is 1. The third-order valence-corrected chi connectivity index (χ3v) is 4.49. The van der Waals surface area contributed by atoms with Crippen LogP contribution in [0.2, 0.25) is 0 Å². The number of rotatable bonds is 6. The summed E-state index contributed by atoms with van der Waals surface area (Å²) in [5.74, 6) is -0.262. The number of aromatic nitrogens is 1. The third-order valence-electron chi connectivity index (χ3n) is 4.49. The summed E-state index contributed by atoms with van der Waals surface area (Å²) < 4.78 is 45.1. The zero-order valence-electron chi connectivity index (χ0n) is 15.9. The fourth-order valence-electron chi connectivity index (χ4n) is 3.05. The molecule has 2 aromatic rings. The number of hydrogen-bond donors (Lipinski definition) is 2. The molecule has 9 heteroatoms. The van der Waals surface area contributed by atoms with E-state index in [9.17, 15) is 23.1 Å². The summed E-state index contributed by atoms with van der Waals surface area (Å²) >= 11 is 0. The molecule has 3 rings (SSSR count). The van der Waals surface area contributed by atoms with Gasteiger partial charge in [0.15, 0.2) is 0 Å². The molecule has 1 unspecified atom stereocenters. The highest BCUT2D eigenvalue weighted by molar-refractivity contribution is 5.94. The van der Waals surface area contributed by atoms with E-state index >= 15 is 0 Å². The van der Waals surface area contributed by atoms with Gasteiger partial charge >= 0.3 is 6.18 Å². The Kier molecular flexibility index (Phi) is 6.39. The number of amides is 1. The molecule has 1 amide bonds. The third kappa shape index (κ3) is 5.45. The maximum absolute atomic E-state index is 13.2. The summed E-state index contributed by atoms with van der Waals surface area (Å²) in [5.41, 5.74) is -0.319. The average molecular weight is 409 g/mol. The lowest BCUT2D eigenvalue weighted by Crippen LogP contribution is -2.29. The van der Waals surface area contributed by atoms with Crippen LogP contribution in [0.25, 0.3) is 0 Å². The molecule has 0 bridgehead atoms. The largest absolute Gasteiger partial charge is 0.439 e.